The average Bonchev–Trinajstić information content (AvgIpc) is 2.83. The number of thioether (sulfide) groups is 1. The van der Waals surface area contributed by atoms with Crippen molar-refractivity contribution < 1.29 is 15.8 Å². The molecule has 150 valence electrons. The van der Waals surface area contributed by atoms with Crippen molar-refractivity contribution in [1.29, 1.82) is 0 Å². The molecule has 1 amide bonds. The molecule has 6 nitrogen and oxygen atoms in total. The summed E-state index contributed by atoms with van der Waals surface area (Å²) in [5.41, 5.74) is 7.39. The molecule has 0 saturated carbocycles. The first-order chi connectivity index (χ1) is 12.4. The van der Waals surface area contributed by atoms with Crippen LogP contribution in [0.5, 0.6) is 0 Å². The molecule has 0 saturated heterocycles. The number of allylic oxidation sites excluding steroid dienone is 2. The van der Waals surface area contributed by atoms with Gasteiger partial charge < -0.3 is 15.4 Å². The molecular weight excluding hydrogens is 362 g/mol. The minimum Gasteiger partial charge on any atom is -0.444 e. The highest BCUT2D eigenvalue weighted by molar-refractivity contribution is 8.07. The van der Waals surface area contributed by atoms with Crippen LogP contribution in [0.15, 0.2) is 46.5 Å². The summed E-state index contributed by atoms with van der Waals surface area (Å²) in [6.45, 7) is 15.8. The van der Waals surface area contributed by atoms with Gasteiger partial charge in [0.2, 0.25) is 0 Å². The van der Waals surface area contributed by atoms with E-state index in [-0.39, 0.29) is 7.21 Å². The van der Waals surface area contributed by atoms with Crippen LogP contribution in [0.25, 0.3) is 0 Å². The van der Waals surface area contributed by atoms with Gasteiger partial charge in [-0.25, -0.2) is 4.79 Å². The Bertz CT molecular complexity index is 740. The summed E-state index contributed by atoms with van der Waals surface area (Å²) in [6.07, 6.45) is -0.465. The monoisotopic (exact) mass is 393 g/mol. The van der Waals surface area contributed by atoms with Crippen molar-refractivity contribution in [1.82, 2.24) is 4.90 Å². The van der Waals surface area contributed by atoms with Gasteiger partial charge in [0.25, 0.3) is 0 Å². The number of ether oxygens (including phenoxy) is 1. The summed E-state index contributed by atoms with van der Waals surface area (Å²) in [5.74, 6) is 0.134. The Morgan fingerprint density at radius 1 is 1.30 bits per heavy atom. The minimum absolute atomic E-state index is 0. The van der Waals surface area contributed by atoms with Crippen LogP contribution in [0.2, 0.25) is 0 Å². The number of nitrogens with two attached hydrogens (primary N) is 1. The maximum atomic E-state index is 11.3. The zero-order valence-corrected chi connectivity index (χ0v) is 17.7. The van der Waals surface area contributed by atoms with Crippen LogP contribution in [0.4, 0.5) is 16.2 Å². The number of carbonyl (C=O) groups is 2. The van der Waals surface area contributed by atoms with E-state index in [2.05, 4.69) is 23.7 Å². The number of amides is 1. The molecule has 1 aliphatic heterocycles. The summed E-state index contributed by atoms with van der Waals surface area (Å²) >= 11 is 1.48. The maximum absolute atomic E-state index is 11.3. The smallest absolute Gasteiger partial charge is 0.412 e. The fourth-order valence-electron chi connectivity index (χ4n) is 2.28. The topological polar surface area (TPSA) is 84.7 Å². The molecule has 3 N–H and O–H groups in total. The summed E-state index contributed by atoms with van der Waals surface area (Å²) in [6, 6.07) is 6.87. The van der Waals surface area contributed by atoms with Crippen LogP contribution >= 0.6 is 11.8 Å². The number of hydrogen-bond acceptors (Lipinski definition) is 6. The van der Waals surface area contributed by atoms with Gasteiger partial charge in [-0.15, -0.1) is 0 Å². The Hall–Kier alpha value is -2.41. The zero-order chi connectivity index (χ0) is 20.8. The molecule has 0 radical (unpaired) electrons. The fraction of sp³-hybridized carbons (Fsp3) is 0.400. The molecular formula is C20H31N3O3S. The van der Waals surface area contributed by atoms with Gasteiger partial charge in [-0.3, -0.25) is 10.1 Å². The Balaban J connectivity index is 0.000000514. The van der Waals surface area contributed by atoms with Gasteiger partial charge in [0.05, 0.1) is 9.93 Å². The molecule has 7 heteroatoms. The number of ketones is 1. The molecule has 0 atom stereocenters. The zero-order valence-electron chi connectivity index (χ0n) is 16.9. The first-order valence-electron chi connectivity index (χ1n) is 8.66. The van der Waals surface area contributed by atoms with Crippen LogP contribution < -0.4 is 11.1 Å². The van der Waals surface area contributed by atoms with E-state index >= 15 is 0 Å². The predicted molar refractivity (Wildman–Crippen MR) is 115 cm³/mol. The summed E-state index contributed by atoms with van der Waals surface area (Å²) < 4.78 is 5.09. The number of nitrogens with zero attached hydrogens (tertiary/aromatic N) is 1. The van der Waals surface area contributed by atoms with Crippen LogP contribution in [0, 0.1) is 0 Å². The first-order valence-corrected chi connectivity index (χ1v) is 9.48. The number of hydrogen-bond donors (Lipinski definition) is 2. The third-order valence-corrected chi connectivity index (χ3v) is 4.69. The second-order valence-electron chi connectivity index (χ2n) is 6.96. The maximum Gasteiger partial charge on any atom is 0.412 e. The Kier molecular flexibility index (Phi) is 7.97. The lowest BCUT2D eigenvalue weighted by atomic mass is 10.2. The van der Waals surface area contributed by atoms with Crippen molar-refractivity contribution in [3.8, 4) is 0 Å². The first kappa shape index (κ1) is 22.6. The van der Waals surface area contributed by atoms with E-state index in [1.807, 2.05) is 27.7 Å². The van der Waals surface area contributed by atoms with Crippen LogP contribution in [0.1, 0.15) is 43.0 Å². The lowest BCUT2D eigenvalue weighted by Crippen LogP contribution is -2.27. The highest BCUT2D eigenvalue weighted by Gasteiger charge is 2.24. The van der Waals surface area contributed by atoms with Crippen molar-refractivity contribution in [2.75, 3.05) is 17.6 Å². The highest BCUT2D eigenvalue weighted by atomic mass is 32.2. The van der Waals surface area contributed by atoms with Gasteiger partial charge in [0, 0.05) is 25.0 Å². The van der Waals surface area contributed by atoms with Crippen LogP contribution in [0.3, 0.4) is 0 Å². The molecule has 1 aliphatic rings. The van der Waals surface area contributed by atoms with E-state index < -0.39 is 11.7 Å². The van der Waals surface area contributed by atoms with Crippen LogP contribution in [-0.2, 0) is 9.53 Å². The van der Waals surface area contributed by atoms with Gasteiger partial charge in [0.15, 0.2) is 5.78 Å². The van der Waals surface area contributed by atoms with E-state index in [4.69, 9.17) is 10.5 Å². The van der Waals surface area contributed by atoms with E-state index in [0.29, 0.717) is 11.4 Å². The van der Waals surface area contributed by atoms with Gasteiger partial charge in [0.1, 0.15) is 5.60 Å². The fourth-order valence-corrected chi connectivity index (χ4v) is 3.30. The molecule has 1 aromatic carbocycles. The van der Waals surface area contributed by atoms with Crippen molar-refractivity contribution in [2.45, 2.75) is 47.1 Å². The van der Waals surface area contributed by atoms with Crippen molar-refractivity contribution >= 4 is 35.0 Å². The Morgan fingerprint density at radius 3 is 2.22 bits per heavy atom. The molecule has 0 bridgehead atoms. The molecule has 1 heterocycles. The van der Waals surface area contributed by atoms with Gasteiger partial charge >= 0.3 is 6.09 Å². The third-order valence-electron chi connectivity index (χ3n) is 3.45. The largest absolute Gasteiger partial charge is 0.444 e. The lowest BCUT2D eigenvalue weighted by molar-refractivity contribution is -0.113. The lowest BCUT2D eigenvalue weighted by Gasteiger charge is -2.19. The summed E-state index contributed by atoms with van der Waals surface area (Å²) in [7, 11) is 0. The molecule has 0 aromatic heterocycles. The normalized spacial score (nSPS) is 13.9. The number of Topliss-reactive ketones (excluding diaryl/α,β-unsaturated/α-hetero) is 1. The summed E-state index contributed by atoms with van der Waals surface area (Å²) in [4.78, 5) is 25.4. The predicted octanol–water partition coefficient (Wildman–Crippen LogP) is 5.21. The Labute approximate surface area is 167 Å². The van der Waals surface area contributed by atoms with Gasteiger partial charge in [-0.05, 0) is 65.8 Å². The van der Waals surface area contributed by atoms with E-state index in [0.717, 1.165) is 22.2 Å². The molecule has 2 rings (SSSR count). The number of rotatable bonds is 3. The van der Waals surface area contributed by atoms with E-state index in [1.54, 1.807) is 31.2 Å². The summed E-state index contributed by atoms with van der Waals surface area (Å²) in [5, 5.41) is 3.57. The molecule has 1 aromatic rings. The molecule has 27 heavy (non-hydrogen) atoms. The standard InChI is InChI=1S/C11H16N2O2.C9H13NOS.H2/c1-11(2,3)15-10(14)13-9-6-4-8(12)5-7-9;1-5-10-6(2)9(7(3)11)12-8(10)4;/h4-7H,12H2,1-3H3,(H,13,14);4-5H2,1-3H3;1H. The van der Waals surface area contributed by atoms with Crippen LogP contribution in [-0.4, -0.2) is 28.9 Å². The van der Waals surface area contributed by atoms with Crippen molar-refractivity contribution in [3.63, 3.8) is 0 Å². The number of nitrogens with one attached hydrogen (secondary N) is 1. The van der Waals surface area contributed by atoms with Crippen molar-refractivity contribution in [2.24, 2.45) is 0 Å². The second-order valence-corrected chi connectivity index (χ2v) is 8.04. The van der Waals surface area contributed by atoms with Gasteiger partial charge in [-0.1, -0.05) is 18.3 Å². The number of benzene rings is 1. The molecule has 0 unspecified atom stereocenters. The minimum atomic E-state index is -0.488. The van der Waals surface area contributed by atoms with E-state index in [9.17, 15) is 9.59 Å². The van der Waals surface area contributed by atoms with Gasteiger partial charge in [-0.2, -0.15) is 0 Å². The number of carbonyl (C=O) groups excluding carboxylic acids is 2. The molecule has 0 spiro atoms. The molecule has 0 fully saturated rings. The number of nitrogen functional groups attached to an aromatic ring is 1. The SMILES string of the molecule is C=C1SC(C(C)=O)=C(C)N1CC.CC(C)(C)OC(=O)Nc1ccc(N)cc1.[HH]. The molecule has 0 aliphatic carbocycles. The highest BCUT2D eigenvalue weighted by Crippen LogP contribution is 2.39. The Morgan fingerprint density at radius 2 is 1.85 bits per heavy atom. The average molecular weight is 394 g/mol. The third kappa shape index (κ3) is 7.38. The second kappa shape index (κ2) is 9.50. The van der Waals surface area contributed by atoms with E-state index in [1.165, 1.54) is 11.8 Å². The number of anilines is 2. The van der Waals surface area contributed by atoms with Crippen molar-refractivity contribution in [3.05, 3.63) is 46.5 Å². The quantitative estimate of drug-likeness (QED) is 0.686.